The van der Waals surface area contributed by atoms with Crippen molar-refractivity contribution < 1.29 is 18.4 Å². The number of hydrogen-bond donors (Lipinski definition) is 3. The number of urea groups is 1. The van der Waals surface area contributed by atoms with E-state index in [1.165, 1.54) is 23.5 Å². The maximum atomic E-state index is 14.9. The van der Waals surface area contributed by atoms with Gasteiger partial charge in [0.1, 0.15) is 11.5 Å². The Hall–Kier alpha value is -4.35. The Labute approximate surface area is 222 Å². The zero-order valence-corrected chi connectivity index (χ0v) is 21.6. The predicted octanol–water partition coefficient (Wildman–Crippen LogP) is 6.73. The van der Waals surface area contributed by atoms with Gasteiger partial charge in [-0.2, -0.15) is 0 Å². The lowest BCUT2D eigenvalue weighted by atomic mass is 10.2. The molecule has 194 valence electrons. The molecule has 4 heterocycles. The van der Waals surface area contributed by atoms with Gasteiger partial charge in [0.2, 0.25) is 0 Å². The van der Waals surface area contributed by atoms with Gasteiger partial charge in [0, 0.05) is 42.8 Å². The number of ether oxygens (including phenoxy) is 1. The van der Waals surface area contributed by atoms with Crippen molar-refractivity contribution in [1.82, 2.24) is 20.4 Å². The molecule has 0 aliphatic rings. The monoisotopic (exact) mass is 532 g/mol. The van der Waals surface area contributed by atoms with Gasteiger partial charge in [-0.25, -0.2) is 9.18 Å². The number of nitrogens with zero attached hydrogens (tertiary/aromatic N) is 3. The van der Waals surface area contributed by atoms with Crippen molar-refractivity contribution in [2.75, 3.05) is 17.2 Å². The summed E-state index contributed by atoms with van der Waals surface area (Å²) >= 11 is 1.48. The number of aryl methyl sites for hydroxylation is 1. The van der Waals surface area contributed by atoms with E-state index in [2.05, 4.69) is 44.1 Å². The average Bonchev–Trinajstić information content (AvgIpc) is 3.52. The number of benzene rings is 1. The molecule has 2 amide bonds. The Morgan fingerprint density at radius 2 is 1.97 bits per heavy atom. The third kappa shape index (κ3) is 5.96. The Balaban J connectivity index is 1.29. The van der Waals surface area contributed by atoms with Crippen molar-refractivity contribution in [3.05, 3.63) is 78.1 Å². The van der Waals surface area contributed by atoms with Crippen molar-refractivity contribution >= 4 is 39.1 Å². The lowest BCUT2D eigenvalue weighted by Crippen LogP contribution is -2.19. The highest BCUT2D eigenvalue weighted by atomic mass is 32.1. The van der Waals surface area contributed by atoms with Gasteiger partial charge in [-0.1, -0.05) is 18.1 Å². The van der Waals surface area contributed by atoms with Gasteiger partial charge in [0.15, 0.2) is 17.4 Å². The van der Waals surface area contributed by atoms with Crippen molar-refractivity contribution in [2.24, 2.45) is 0 Å². The predicted molar refractivity (Wildman–Crippen MR) is 145 cm³/mol. The molecule has 1 aromatic carbocycles. The maximum absolute atomic E-state index is 14.9. The van der Waals surface area contributed by atoms with E-state index in [0.29, 0.717) is 11.5 Å². The summed E-state index contributed by atoms with van der Waals surface area (Å²) in [5.41, 5.74) is 2.94. The van der Waals surface area contributed by atoms with Crippen LogP contribution in [0.4, 0.5) is 20.7 Å². The fourth-order valence-corrected chi connectivity index (χ4v) is 4.73. The number of carbonyl (C=O) groups is 1. The Bertz CT molecular complexity index is 1570. The van der Waals surface area contributed by atoms with Crippen LogP contribution in [0.3, 0.4) is 0 Å². The molecule has 3 N–H and O–H groups in total. The van der Waals surface area contributed by atoms with E-state index in [1.807, 2.05) is 18.3 Å². The molecule has 5 aromatic rings. The Morgan fingerprint density at radius 3 is 2.71 bits per heavy atom. The van der Waals surface area contributed by atoms with E-state index in [1.54, 1.807) is 31.3 Å². The van der Waals surface area contributed by atoms with Crippen LogP contribution < -0.4 is 20.7 Å². The lowest BCUT2D eigenvalue weighted by molar-refractivity contribution is 0.262. The number of nitrogens with one attached hydrogen (secondary N) is 3. The van der Waals surface area contributed by atoms with Gasteiger partial charge in [0.05, 0.1) is 20.8 Å². The Kier molecular flexibility index (Phi) is 7.57. The van der Waals surface area contributed by atoms with Gasteiger partial charge in [-0.15, -0.1) is 11.3 Å². The minimum Gasteiger partial charge on any atom is -0.453 e. The minimum absolute atomic E-state index is 0.0209. The van der Waals surface area contributed by atoms with Crippen LogP contribution in [0.5, 0.6) is 11.5 Å². The number of anilines is 2. The third-order valence-corrected chi connectivity index (χ3v) is 6.65. The molecule has 0 aliphatic carbocycles. The minimum atomic E-state index is -0.629. The first-order valence-corrected chi connectivity index (χ1v) is 12.8. The highest BCUT2D eigenvalue weighted by molar-refractivity contribution is 7.22. The quantitative estimate of drug-likeness (QED) is 0.180. The number of fused-ring (bicyclic) bond motifs is 1. The smallest absolute Gasteiger partial charge is 0.324 e. The van der Waals surface area contributed by atoms with Crippen molar-refractivity contribution in [2.45, 2.75) is 26.8 Å². The lowest BCUT2D eigenvalue weighted by Gasteiger charge is -2.10. The van der Waals surface area contributed by atoms with Crippen LogP contribution in [-0.4, -0.2) is 27.7 Å². The van der Waals surface area contributed by atoms with Crippen LogP contribution in [0.25, 0.3) is 20.8 Å². The number of carbonyl (C=O) groups excluding carboxylic acids is 1. The number of amides is 2. The first-order chi connectivity index (χ1) is 18.5. The van der Waals surface area contributed by atoms with Gasteiger partial charge in [-0.05, 0) is 49.7 Å². The normalized spacial score (nSPS) is 11.0. The number of pyridine rings is 2. The summed E-state index contributed by atoms with van der Waals surface area (Å²) in [5, 5.41) is 12.1. The third-order valence-electron chi connectivity index (χ3n) is 5.49. The molecule has 0 aliphatic heterocycles. The topological polar surface area (TPSA) is 114 Å². The molecule has 0 atom stereocenters. The van der Waals surface area contributed by atoms with E-state index in [0.717, 1.165) is 45.9 Å². The second-order valence-electron chi connectivity index (χ2n) is 8.51. The number of hydrogen-bond acceptors (Lipinski definition) is 8. The number of rotatable bonds is 9. The van der Waals surface area contributed by atoms with Gasteiger partial charge >= 0.3 is 6.03 Å². The molecule has 11 heteroatoms. The van der Waals surface area contributed by atoms with E-state index >= 15 is 0 Å². The number of aromatic nitrogens is 3. The van der Waals surface area contributed by atoms with Crippen LogP contribution in [0.15, 0.2) is 65.4 Å². The summed E-state index contributed by atoms with van der Waals surface area (Å²) in [6.07, 6.45) is 4.57. The molecule has 4 aromatic heterocycles. The Morgan fingerprint density at radius 1 is 1.08 bits per heavy atom. The van der Waals surface area contributed by atoms with Gasteiger partial charge in [-0.3, -0.25) is 15.3 Å². The summed E-state index contributed by atoms with van der Waals surface area (Å²) < 4.78 is 26.5. The molecule has 0 unspecified atom stereocenters. The van der Waals surface area contributed by atoms with Gasteiger partial charge in [0.25, 0.3) is 0 Å². The zero-order valence-electron chi connectivity index (χ0n) is 20.7. The van der Waals surface area contributed by atoms with Crippen molar-refractivity contribution in [1.29, 1.82) is 0 Å². The van der Waals surface area contributed by atoms with E-state index in [9.17, 15) is 9.18 Å². The number of halogens is 1. The fourth-order valence-electron chi connectivity index (χ4n) is 3.69. The molecule has 38 heavy (non-hydrogen) atoms. The molecular weight excluding hydrogens is 507 g/mol. The zero-order chi connectivity index (χ0) is 26.5. The van der Waals surface area contributed by atoms with Crippen LogP contribution in [-0.2, 0) is 6.54 Å². The van der Waals surface area contributed by atoms with Crippen LogP contribution >= 0.6 is 11.3 Å². The molecule has 5 rings (SSSR count). The molecule has 0 saturated heterocycles. The van der Waals surface area contributed by atoms with Gasteiger partial charge < -0.3 is 19.9 Å². The first-order valence-electron chi connectivity index (χ1n) is 12.0. The maximum Gasteiger partial charge on any atom is 0.324 e. The summed E-state index contributed by atoms with van der Waals surface area (Å²) in [6.45, 7) is 5.58. The van der Waals surface area contributed by atoms with Crippen LogP contribution in [0, 0.1) is 12.7 Å². The standard InChI is InChI=1S/C27H25FN6O3S/c1-3-9-29-14-17-4-6-20(31-15-17)24-13-21-26(38-24)23(8-10-30-21)36-22-7-5-18(12-19(22)28)32-27(35)33-25-11-16(2)37-34-25/h4-8,10-13,15,29H,3,9,14H2,1-2H3,(H2,32,33,34,35). The number of thiophene rings is 1. The molecule has 0 radical (unpaired) electrons. The summed E-state index contributed by atoms with van der Waals surface area (Å²) in [7, 11) is 0. The summed E-state index contributed by atoms with van der Waals surface area (Å²) in [6, 6.07) is 12.9. The molecule has 0 saturated carbocycles. The van der Waals surface area contributed by atoms with Crippen molar-refractivity contribution in [3.63, 3.8) is 0 Å². The SMILES string of the molecule is CCCNCc1ccc(-c2cc3nccc(Oc4ccc(NC(=O)Nc5cc(C)on5)cc4F)c3s2)nc1. The van der Waals surface area contributed by atoms with Crippen molar-refractivity contribution in [3.8, 4) is 22.1 Å². The van der Waals surface area contributed by atoms with Crippen LogP contribution in [0.2, 0.25) is 0 Å². The fraction of sp³-hybridized carbons (Fsp3) is 0.185. The van der Waals surface area contributed by atoms with Crippen LogP contribution in [0.1, 0.15) is 24.7 Å². The van der Waals surface area contributed by atoms with E-state index in [-0.39, 0.29) is 17.3 Å². The molecule has 0 spiro atoms. The largest absolute Gasteiger partial charge is 0.453 e. The van der Waals surface area contributed by atoms with E-state index in [4.69, 9.17) is 9.26 Å². The second-order valence-corrected chi connectivity index (χ2v) is 9.56. The van der Waals surface area contributed by atoms with E-state index < -0.39 is 11.8 Å². The highest BCUT2D eigenvalue weighted by Crippen LogP contribution is 2.39. The molecular formula is C27H25FN6O3S. The first kappa shape index (κ1) is 25.3. The average molecular weight is 533 g/mol. The molecule has 0 fully saturated rings. The summed E-state index contributed by atoms with van der Waals surface area (Å²) in [5.74, 6) is 0.682. The summed E-state index contributed by atoms with van der Waals surface area (Å²) in [4.78, 5) is 22.1. The second kappa shape index (κ2) is 11.4. The highest BCUT2D eigenvalue weighted by Gasteiger charge is 2.15. The molecule has 0 bridgehead atoms. The molecule has 9 nitrogen and oxygen atoms in total.